The number of anilines is 1. The lowest BCUT2D eigenvalue weighted by atomic mass is 10.1. The van der Waals surface area contributed by atoms with Crippen LogP contribution < -0.4 is 10.2 Å². The number of nitrogens with zero attached hydrogens (tertiary/aromatic N) is 5. The fourth-order valence-corrected chi connectivity index (χ4v) is 4.46. The molecule has 0 spiro atoms. The summed E-state index contributed by atoms with van der Waals surface area (Å²) in [6.45, 7) is 8.38. The predicted molar refractivity (Wildman–Crippen MR) is 130 cm³/mol. The molecule has 1 aromatic carbocycles. The molecule has 1 atom stereocenters. The van der Waals surface area contributed by atoms with Crippen LogP contribution in [0.5, 0.6) is 0 Å². The van der Waals surface area contributed by atoms with E-state index in [-0.39, 0.29) is 0 Å². The first kappa shape index (κ1) is 22.6. The van der Waals surface area contributed by atoms with Crippen molar-refractivity contribution < 1.29 is 4.74 Å². The Bertz CT molecular complexity index is 866. The molecule has 4 rings (SSSR count). The van der Waals surface area contributed by atoms with Gasteiger partial charge in [-0.05, 0) is 25.1 Å². The first-order valence-electron chi connectivity index (χ1n) is 11.7. The van der Waals surface area contributed by atoms with Crippen molar-refractivity contribution in [1.29, 1.82) is 0 Å². The van der Waals surface area contributed by atoms with Gasteiger partial charge in [0, 0.05) is 70.5 Å². The second-order valence-electron chi connectivity index (χ2n) is 8.78. The highest BCUT2D eigenvalue weighted by Crippen LogP contribution is 2.20. The fraction of sp³-hybridized carbons (Fsp3) is 0.520. The molecule has 0 aliphatic carbocycles. The smallest absolute Gasteiger partial charge is 0.193 e. The van der Waals surface area contributed by atoms with Crippen molar-refractivity contribution >= 4 is 11.8 Å². The van der Waals surface area contributed by atoms with E-state index >= 15 is 0 Å². The largest absolute Gasteiger partial charge is 0.376 e. The molecule has 2 aliphatic heterocycles. The highest BCUT2D eigenvalue weighted by Gasteiger charge is 2.25. The number of guanidine groups is 1. The van der Waals surface area contributed by atoms with Crippen molar-refractivity contribution in [3.8, 4) is 0 Å². The number of nitrogens with one attached hydrogen (secondary N) is 1. The van der Waals surface area contributed by atoms with Gasteiger partial charge in [0.05, 0.1) is 13.2 Å². The molecule has 1 N–H and O–H groups in total. The lowest BCUT2D eigenvalue weighted by molar-refractivity contribution is 0.0906. The predicted octanol–water partition coefficient (Wildman–Crippen LogP) is 2.45. The van der Waals surface area contributed by atoms with Crippen LogP contribution in [0.2, 0.25) is 0 Å². The summed E-state index contributed by atoms with van der Waals surface area (Å²) in [4.78, 5) is 16.4. The van der Waals surface area contributed by atoms with Crippen molar-refractivity contribution in [3.05, 3.63) is 59.8 Å². The quantitative estimate of drug-likeness (QED) is 0.532. The molecule has 0 radical (unpaired) electrons. The van der Waals surface area contributed by atoms with E-state index in [1.54, 1.807) is 0 Å². The average Bonchev–Trinajstić information content (AvgIpc) is 3.30. The third-order valence-electron chi connectivity index (χ3n) is 6.37. The summed E-state index contributed by atoms with van der Waals surface area (Å²) in [5, 5.41) is 3.58. The fourth-order valence-electron chi connectivity index (χ4n) is 4.46. The summed E-state index contributed by atoms with van der Waals surface area (Å²) in [6.07, 6.45) is 3.03. The lowest BCUT2D eigenvalue weighted by Crippen LogP contribution is -2.45. The Labute approximate surface area is 192 Å². The molecule has 0 amide bonds. The topological polar surface area (TPSA) is 56.2 Å². The van der Waals surface area contributed by atoms with E-state index in [2.05, 4.69) is 62.4 Å². The monoisotopic (exact) mass is 436 g/mol. The summed E-state index contributed by atoms with van der Waals surface area (Å²) in [7, 11) is 4.05. The molecular formula is C25H36N6O. The van der Waals surface area contributed by atoms with Gasteiger partial charge in [0.15, 0.2) is 5.96 Å². The van der Waals surface area contributed by atoms with Gasteiger partial charge in [0.2, 0.25) is 0 Å². The van der Waals surface area contributed by atoms with Crippen LogP contribution in [0.25, 0.3) is 0 Å². The maximum atomic E-state index is 5.98. The Hall–Kier alpha value is -2.64. The van der Waals surface area contributed by atoms with Crippen LogP contribution in [0.4, 0.5) is 5.82 Å². The second-order valence-corrected chi connectivity index (χ2v) is 8.78. The van der Waals surface area contributed by atoms with E-state index in [9.17, 15) is 0 Å². The van der Waals surface area contributed by atoms with Gasteiger partial charge in [-0.15, -0.1) is 0 Å². The van der Waals surface area contributed by atoms with E-state index in [0.717, 1.165) is 70.6 Å². The second kappa shape index (κ2) is 11.3. The van der Waals surface area contributed by atoms with Crippen molar-refractivity contribution in [2.45, 2.75) is 19.6 Å². The number of aromatic nitrogens is 1. The molecule has 172 valence electrons. The highest BCUT2D eigenvalue weighted by molar-refractivity contribution is 5.80. The molecule has 2 aromatic rings. The van der Waals surface area contributed by atoms with Gasteiger partial charge in [0.25, 0.3) is 0 Å². The SMILES string of the molecule is CN=C(NCc1cccnc1N1CCN(C)CC1)N1CCC(COCc2ccccc2)C1. The van der Waals surface area contributed by atoms with E-state index in [1.807, 2.05) is 25.4 Å². The van der Waals surface area contributed by atoms with E-state index < -0.39 is 0 Å². The van der Waals surface area contributed by atoms with Crippen LogP contribution in [0.1, 0.15) is 17.5 Å². The Morgan fingerprint density at radius 1 is 1.09 bits per heavy atom. The van der Waals surface area contributed by atoms with E-state index in [1.165, 1.54) is 11.1 Å². The molecule has 2 aliphatic rings. The highest BCUT2D eigenvalue weighted by atomic mass is 16.5. The van der Waals surface area contributed by atoms with Crippen LogP contribution in [0.15, 0.2) is 53.7 Å². The maximum Gasteiger partial charge on any atom is 0.193 e. The zero-order chi connectivity index (χ0) is 22.2. The van der Waals surface area contributed by atoms with Crippen LogP contribution in [0.3, 0.4) is 0 Å². The number of aliphatic imine (C=N–C) groups is 1. The van der Waals surface area contributed by atoms with Gasteiger partial charge in [-0.1, -0.05) is 36.4 Å². The first-order chi connectivity index (χ1) is 15.7. The van der Waals surface area contributed by atoms with Gasteiger partial charge in [0.1, 0.15) is 5.82 Å². The molecule has 1 unspecified atom stereocenters. The summed E-state index contributed by atoms with van der Waals surface area (Å²) >= 11 is 0. The zero-order valence-corrected chi connectivity index (χ0v) is 19.4. The van der Waals surface area contributed by atoms with Gasteiger partial charge < -0.3 is 24.8 Å². The number of hydrogen-bond acceptors (Lipinski definition) is 5. The number of hydrogen-bond donors (Lipinski definition) is 1. The lowest BCUT2D eigenvalue weighted by Gasteiger charge is -2.34. The van der Waals surface area contributed by atoms with Gasteiger partial charge in [-0.3, -0.25) is 4.99 Å². The molecular weight excluding hydrogens is 400 g/mol. The normalized spacial score (nSPS) is 20.1. The minimum absolute atomic E-state index is 0.538. The molecule has 7 nitrogen and oxygen atoms in total. The van der Waals surface area contributed by atoms with Crippen LogP contribution in [-0.2, 0) is 17.9 Å². The first-order valence-corrected chi connectivity index (χ1v) is 11.7. The summed E-state index contributed by atoms with van der Waals surface area (Å²) in [6, 6.07) is 14.6. The zero-order valence-electron chi connectivity index (χ0n) is 19.4. The number of likely N-dealkylation sites (tertiary alicyclic amines) is 1. The Kier molecular flexibility index (Phi) is 7.96. The number of pyridine rings is 1. The molecule has 0 saturated carbocycles. The van der Waals surface area contributed by atoms with Gasteiger partial charge >= 0.3 is 0 Å². The number of likely N-dealkylation sites (N-methyl/N-ethyl adjacent to an activating group) is 1. The summed E-state index contributed by atoms with van der Waals surface area (Å²) < 4.78 is 5.98. The summed E-state index contributed by atoms with van der Waals surface area (Å²) in [5.41, 5.74) is 2.45. The minimum atomic E-state index is 0.538. The average molecular weight is 437 g/mol. The Balaban J connectivity index is 1.26. The van der Waals surface area contributed by atoms with E-state index in [0.29, 0.717) is 12.5 Å². The molecule has 2 saturated heterocycles. The van der Waals surface area contributed by atoms with Crippen LogP contribution in [0, 0.1) is 5.92 Å². The number of piperazine rings is 1. The van der Waals surface area contributed by atoms with Gasteiger partial charge in [-0.25, -0.2) is 4.98 Å². The molecule has 32 heavy (non-hydrogen) atoms. The number of rotatable bonds is 7. The van der Waals surface area contributed by atoms with E-state index in [4.69, 9.17) is 9.72 Å². The van der Waals surface area contributed by atoms with Crippen LogP contribution >= 0.6 is 0 Å². The maximum absolute atomic E-state index is 5.98. The molecule has 1 aromatic heterocycles. The van der Waals surface area contributed by atoms with Crippen LogP contribution in [-0.4, -0.2) is 80.7 Å². The molecule has 2 fully saturated rings. The third-order valence-corrected chi connectivity index (χ3v) is 6.37. The van der Waals surface area contributed by atoms with Crippen molar-refractivity contribution in [3.63, 3.8) is 0 Å². The van der Waals surface area contributed by atoms with Crippen molar-refractivity contribution in [2.75, 3.05) is 64.9 Å². The van der Waals surface area contributed by atoms with Crippen molar-refractivity contribution in [2.24, 2.45) is 10.9 Å². The Morgan fingerprint density at radius 3 is 2.69 bits per heavy atom. The van der Waals surface area contributed by atoms with Gasteiger partial charge in [-0.2, -0.15) is 0 Å². The molecule has 7 heteroatoms. The Morgan fingerprint density at radius 2 is 1.91 bits per heavy atom. The number of benzene rings is 1. The molecule has 0 bridgehead atoms. The standard InChI is InChI=1S/C25H36N6O/c1-26-25(31-12-10-22(18-31)20-32-19-21-7-4-3-5-8-21)28-17-23-9-6-11-27-24(23)30-15-13-29(2)14-16-30/h3-9,11,22H,10,12-20H2,1-2H3,(H,26,28). The third kappa shape index (κ3) is 5.99. The minimum Gasteiger partial charge on any atom is -0.376 e. The summed E-state index contributed by atoms with van der Waals surface area (Å²) in [5.74, 6) is 2.59. The van der Waals surface area contributed by atoms with Crippen molar-refractivity contribution in [1.82, 2.24) is 20.1 Å². The number of ether oxygens (including phenoxy) is 1. The molecule has 3 heterocycles.